The molecule has 0 aromatic heterocycles. The van der Waals surface area contributed by atoms with Crippen LogP contribution in [0.1, 0.15) is 24.0 Å². The molecule has 0 unspecified atom stereocenters. The zero-order chi connectivity index (χ0) is 16.1. The van der Waals surface area contributed by atoms with Crippen LogP contribution in [0.4, 0.5) is 0 Å². The van der Waals surface area contributed by atoms with Gasteiger partial charge in [-0.15, -0.1) is 6.42 Å². The molecular weight excluding hydrogens is 282 g/mol. The smallest absolute Gasteiger partial charge is 0.319 e. The molecule has 5 heteroatoms. The van der Waals surface area contributed by atoms with Gasteiger partial charge in [0.05, 0.1) is 13.2 Å². The third-order valence-electron chi connectivity index (χ3n) is 3.63. The number of ether oxygens (including phenoxy) is 1. The number of benzene rings is 1. The van der Waals surface area contributed by atoms with Crippen molar-refractivity contribution in [2.45, 2.75) is 19.8 Å². The van der Waals surface area contributed by atoms with Gasteiger partial charge in [-0.25, -0.2) is 5.06 Å². The fourth-order valence-corrected chi connectivity index (χ4v) is 2.54. The van der Waals surface area contributed by atoms with Crippen LogP contribution >= 0.6 is 0 Å². The van der Waals surface area contributed by atoms with Crippen LogP contribution in [-0.2, 0) is 19.2 Å². The molecular formula is C17H19NO4. The summed E-state index contributed by atoms with van der Waals surface area (Å²) in [6.45, 7) is 4.20. The van der Waals surface area contributed by atoms with Crippen molar-refractivity contribution in [1.29, 1.82) is 0 Å². The summed E-state index contributed by atoms with van der Waals surface area (Å²) >= 11 is 0. The van der Waals surface area contributed by atoms with E-state index < -0.39 is 17.8 Å². The maximum Gasteiger partial charge on any atom is 0.319 e. The molecule has 0 aliphatic carbocycles. The number of terminal acetylenes is 1. The van der Waals surface area contributed by atoms with Crippen LogP contribution in [0.2, 0.25) is 0 Å². The average molecular weight is 301 g/mol. The number of carbonyl (C=O) groups excluding carboxylic acids is 2. The Labute approximate surface area is 130 Å². The summed E-state index contributed by atoms with van der Waals surface area (Å²) in [7, 11) is 0. The van der Waals surface area contributed by atoms with Crippen LogP contribution < -0.4 is 0 Å². The van der Waals surface area contributed by atoms with Crippen molar-refractivity contribution in [1.82, 2.24) is 5.06 Å². The summed E-state index contributed by atoms with van der Waals surface area (Å²) in [6, 6.07) is 7.74. The third kappa shape index (κ3) is 3.29. The number of hydroxylamine groups is 2. The van der Waals surface area contributed by atoms with E-state index >= 15 is 0 Å². The predicted octanol–water partition coefficient (Wildman–Crippen LogP) is 1.66. The van der Waals surface area contributed by atoms with Crippen molar-refractivity contribution in [2.75, 3.05) is 19.8 Å². The van der Waals surface area contributed by atoms with Crippen LogP contribution in [0.25, 0.3) is 0 Å². The minimum atomic E-state index is -0.888. The van der Waals surface area contributed by atoms with Crippen LogP contribution in [-0.4, -0.2) is 36.7 Å². The number of amides is 1. The Hall–Kier alpha value is -2.32. The molecule has 22 heavy (non-hydrogen) atoms. The molecule has 0 radical (unpaired) electrons. The summed E-state index contributed by atoms with van der Waals surface area (Å²) in [4.78, 5) is 29.8. The van der Waals surface area contributed by atoms with E-state index in [0.29, 0.717) is 0 Å². The average Bonchev–Trinajstić information content (AvgIpc) is 2.83. The van der Waals surface area contributed by atoms with E-state index in [0.717, 1.165) is 11.1 Å². The van der Waals surface area contributed by atoms with Gasteiger partial charge in [0.2, 0.25) is 0 Å². The highest BCUT2D eigenvalue weighted by molar-refractivity contribution is 6.00. The lowest BCUT2D eigenvalue weighted by atomic mass is 9.88. The molecule has 1 fully saturated rings. The zero-order valence-electron chi connectivity index (χ0n) is 12.7. The van der Waals surface area contributed by atoms with Gasteiger partial charge >= 0.3 is 5.97 Å². The molecule has 2 rings (SSSR count). The number of hydrogen-bond acceptors (Lipinski definition) is 4. The van der Waals surface area contributed by atoms with Gasteiger partial charge in [-0.1, -0.05) is 35.7 Å². The number of esters is 1. The lowest BCUT2D eigenvalue weighted by molar-refractivity contribution is -0.177. The Morgan fingerprint density at radius 2 is 2.09 bits per heavy atom. The molecule has 5 nitrogen and oxygen atoms in total. The Balaban J connectivity index is 2.27. The van der Waals surface area contributed by atoms with Crippen molar-refractivity contribution < 1.29 is 19.2 Å². The van der Waals surface area contributed by atoms with Gasteiger partial charge in [0, 0.05) is 5.92 Å². The molecule has 1 amide bonds. The highest BCUT2D eigenvalue weighted by Crippen LogP contribution is 2.34. The minimum absolute atomic E-state index is 0.0120. The highest BCUT2D eigenvalue weighted by atomic mass is 16.7. The number of carbonyl (C=O) groups is 2. The summed E-state index contributed by atoms with van der Waals surface area (Å²) in [5, 5.41) is 1.17. The van der Waals surface area contributed by atoms with Gasteiger partial charge in [0.1, 0.15) is 12.5 Å². The van der Waals surface area contributed by atoms with Gasteiger partial charge in [-0.3, -0.25) is 14.4 Å². The molecule has 0 spiro atoms. The van der Waals surface area contributed by atoms with E-state index in [4.69, 9.17) is 16.0 Å². The number of hydrogen-bond donors (Lipinski definition) is 0. The quantitative estimate of drug-likeness (QED) is 0.471. The standard InChI is InChI=1S/C17H19NO4/c1-4-10-22-18-11-14(13-8-6-12(3)7-9-13)15(16(18)19)17(20)21-5-2/h1,6-9,14-15H,5,10-11H2,2-3H3/t14-,15-/m1/s1. The number of rotatable bonds is 5. The lowest BCUT2D eigenvalue weighted by Gasteiger charge is -2.15. The predicted molar refractivity (Wildman–Crippen MR) is 80.5 cm³/mol. The molecule has 1 aliphatic heterocycles. The number of aryl methyl sites for hydroxylation is 1. The maximum atomic E-state index is 12.4. The van der Waals surface area contributed by atoms with Gasteiger partial charge in [0.25, 0.3) is 5.91 Å². The SMILES string of the molecule is C#CCON1C[C@H](c2ccc(C)cc2)[C@@H](C(=O)OCC)C1=O. The van der Waals surface area contributed by atoms with Gasteiger partial charge < -0.3 is 4.74 Å². The normalized spacial score (nSPS) is 20.8. The summed E-state index contributed by atoms with van der Waals surface area (Å²) < 4.78 is 5.04. The first-order chi connectivity index (χ1) is 10.6. The topological polar surface area (TPSA) is 55.8 Å². The molecule has 1 aromatic carbocycles. The first kappa shape index (κ1) is 16.1. The molecule has 1 saturated heterocycles. The molecule has 116 valence electrons. The Kier molecular flexibility index (Phi) is 5.18. The van der Waals surface area contributed by atoms with Gasteiger partial charge in [-0.05, 0) is 19.4 Å². The lowest BCUT2D eigenvalue weighted by Crippen LogP contribution is -2.32. The van der Waals surface area contributed by atoms with Crippen molar-refractivity contribution in [3.8, 4) is 12.3 Å². The maximum absolute atomic E-state index is 12.4. The van der Waals surface area contributed by atoms with E-state index in [1.54, 1.807) is 6.92 Å². The second-order valence-corrected chi connectivity index (χ2v) is 5.12. The van der Waals surface area contributed by atoms with Crippen LogP contribution in [0.5, 0.6) is 0 Å². The van der Waals surface area contributed by atoms with Crippen LogP contribution in [0.3, 0.4) is 0 Å². The molecule has 0 N–H and O–H groups in total. The van der Waals surface area contributed by atoms with Crippen molar-refractivity contribution in [3.05, 3.63) is 35.4 Å². The largest absolute Gasteiger partial charge is 0.465 e. The monoisotopic (exact) mass is 301 g/mol. The molecule has 0 saturated carbocycles. The van der Waals surface area contributed by atoms with E-state index in [1.807, 2.05) is 31.2 Å². The van der Waals surface area contributed by atoms with Crippen LogP contribution in [0.15, 0.2) is 24.3 Å². The van der Waals surface area contributed by atoms with E-state index in [-0.39, 0.29) is 25.7 Å². The van der Waals surface area contributed by atoms with Gasteiger partial charge in [0.15, 0.2) is 0 Å². The molecule has 0 bridgehead atoms. The molecule has 1 heterocycles. The molecule has 1 aliphatic rings. The second-order valence-electron chi connectivity index (χ2n) is 5.12. The Morgan fingerprint density at radius 3 is 2.68 bits per heavy atom. The van der Waals surface area contributed by atoms with Crippen molar-refractivity contribution in [2.24, 2.45) is 5.92 Å². The Bertz CT molecular complexity index is 588. The fourth-order valence-electron chi connectivity index (χ4n) is 2.54. The van der Waals surface area contributed by atoms with Crippen molar-refractivity contribution in [3.63, 3.8) is 0 Å². The summed E-state index contributed by atoms with van der Waals surface area (Å²) in [5.41, 5.74) is 2.02. The first-order valence-corrected chi connectivity index (χ1v) is 7.19. The second kappa shape index (κ2) is 7.10. The van der Waals surface area contributed by atoms with Gasteiger partial charge in [-0.2, -0.15) is 0 Å². The highest BCUT2D eigenvalue weighted by Gasteiger charge is 2.47. The molecule has 1 aromatic rings. The third-order valence-corrected chi connectivity index (χ3v) is 3.63. The zero-order valence-corrected chi connectivity index (χ0v) is 12.7. The summed E-state index contributed by atoms with van der Waals surface area (Å²) in [5.74, 6) is 0.198. The number of nitrogens with zero attached hydrogens (tertiary/aromatic N) is 1. The van der Waals surface area contributed by atoms with E-state index in [2.05, 4.69) is 5.92 Å². The van der Waals surface area contributed by atoms with Crippen LogP contribution in [0, 0.1) is 25.2 Å². The first-order valence-electron chi connectivity index (χ1n) is 7.19. The fraction of sp³-hybridized carbons (Fsp3) is 0.412. The Morgan fingerprint density at radius 1 is 1.41 bits per heavy atom. The minimum Gasteiger partial charge on any atom is -0.465 e. The molecule has 2 atom stereocenters. The van der Waals surface area contributed by atoms with Crippen molar-refractivity contribution >= 4 is 11.9 Å². The van der Waals surface area contributed by atoms with E-state index in [9.17, 15) is 9.59 Å². The summed E-state index contributed by atoms with van der Waals surface area (Å²) in [6.07, 6.45) is 5.15. The van der Waals surface area contributed by atoms with E-state index in [1.165, 1.54) is 5.06 Å².